The van der Waals surface area contributed by atoms with Gasteiger partial charge in [-0.3, -0.25) is 4.90 Å². The Balaban J connectivity index is 2.64. The molecule has 0 heterocycles. The molecular formula is C13H21NO2. The highest BCUT2D eigenvalue weighted by Crippen LogP contribution is 2.19. The van der Waals surface area contributed by atoms with Gasteiger partial charge in [-0.25, -0.2) is 0 Å². The summed E-state index contributed by atoms with van der Waals surface area (Å²) in [5, 5.41) is 9.30. The summed E-state index contributed by atoms with van der Waals surface area (Å²) < 4.78 is 5.55. The van der Waals surface area contributed by atoms with Crippen LogP contribution in [0.1, 0.15) is 19.4 Å². The average Bonchev–Trinajstić information content (AvgIpc) is 2.20. The minimum absolute atomic E-state index is 0.302. The first kappa shape index (κ1) is 13.0. The molecule has 3 heteroatoms. The Morgan fingerprint density at radius 2 is 2.06 bits per heavy atom. The Kier molecular flexibility index (Phi) is 5.29. The van der Waals surface area contributed by atoms with Crippen molar-refractivity contribution in [3.05, 3.63) is 29.8 Å². The zero-order chi connectivity index (χ0) is 12.0. The van der Waals surface area contributed by atoms with Gasteiger partial charge in [0.05, 0.1) is 12.7 Å². The molecule has 90 valence electrons. The van der Waals surface area contributed by atoms with Crippen molar-refractivity contribution in [2.45, 2.75) is 26.5 Å². The zero-order valence-electron chi connectivity index (χ0n) is 10.3. The summed E-state index contributed by atoms with van der Waals surface area (Å²) in [6, 6.07) is 8.02. The van der Waals surface area contributed by atoms with Gasteiger partial charge in [-0.2, -0.15) is 0 Å². The van der Waals surface area contributed by atoms with Crippen LogP contribution in [0.3, 0.4) is 0 Å². The Hall–Kier alpha value is -1.06. The fourth-order valence-corrected chi connectivity index (χ4v) is 1.74. The summed E-state index contributed by atoms with van der Waals surface area (Å²) in [6.07, 6.45) is -0.302. The zero-order valence-corrected chi connectivity index (χ0v) is 10.3. The van der Waals surface area contributed by atoms with E-state index in [0.717, 1.165) is 17.9 Å². The van der Waals surface area contributed by atoms with Crippen LogP contribution in [0.25, 0.3) is 0 Å². The number of nitrogens with zero attached hydrogens (tertiary/aromatic N) is 1. The first-order chi connectivity index (χ1) is 7.63. The van der Waals surface area contributed by atoms with Crippen LogP contribution in [-0.4, -0.2) is 36.3 Å². The molecule has 0 aliphatic carbocycles. The molecule has 1 rings (SSSR count). The molecule has 3 nitrogen and oxygen atoms in total. The van der Waals surface area contributed by atoms with Crippen molar-refractivity contribution < 1.29 is 9.84 Å². The van der Waals surface area contributed by atoms with E-state index in [1.54, 1.807) is 6.92 Å². The van der Waals surface area contributed by atoms with Gasteiger partial charge in [-0.15, -0.1) is 0 Å². The predicted octanol–water partition coefficient (Wildman–Crippen LogP) is 1.90. The van der Waals surface area contributed by atoms with Gasteiger partial charge in [0.2, 0.25) is 0 Å². The lowest BCUT2D eigenvalue weighted by molar-refractivity contribution is 0.137. The van der Waals surface area contributed by atoms with Crippen molar-refractivity contribution >= 4 is 0 Å². The van der Waals surface area contributed by atoms with E-state index < -0.39 is 0 Å². The number of aliphatic hydroxyl groups is 1. The largest absolute Gasteiger partial charge is 0.494 e. The molecule has 1 aromatic rings. The first-order valence-electron chi connectivity index (χ1n) is 5.70. The van der Waals surface area contributed by atoms with Gasteiger partial charge in [0.15, 0.2) is 0 Å². The maximum Gasteiger partial charge on any atom is 0.123 e. The molecule has 0 saturated carbocycles. The highest BCUT2D eigenvalue weighted by atomic mass is 16.5. The third kappa shape index (κ3) is 4.21. The number of likely N-dealkylation sites (N-methyl/N-ethyl adjacent to an activating group) is 1. The molecule has 1 N–H and O–H groups in total. The lowest BCUT2D eigenvalue weighted by Gasteiger charge is -2.20. The SMILES string of the molecule is CCOc1ccccc1CN(C)CC(C)O. The minimum atomic E-state index is -0.302. The van der Waals surface area contributed by atoms with E-state index in [0.29, 0.717) is 13.2 Å². The summed E-state index contributed by atoms with van der Waals surface area (Å²) in [5.41, 5.74) is 1.16. The molecule has 0 spiro atoms. The van der Waals surface area contributed by atoms with E-state index in [-0.39, 0.29) is 6.10 Å². The van der Waals surface area contributed by atoms with Crippen molar-refractivity contribution in [1.29, 1.82) is 0 Å². The van der Waals surface area contributed by atoms with E-state index in [4.69, 9.17) is 4.74 Å². The van der Waals surface area contributed by atoms with Crippen molar-refractivity contribution in [3.8, 4) is 5.75 Å². The van der Waals surface area contributed by atoms with E-state index in [1.807, 2.05) is 32.2 Å². The number of hydrogen-bond donors (Lipinski definition) is 1. The number of ether oxygens (including phenoxy) is 1. The van der Waals surface area contributed by atoms with Gasteiger partial charge >= 0.3 is 0 Å². The van der Waals surface area contributed by atoms with Gasteiger partial charge in [-0.1, -0.05) is 18.2 Å². The minimum Gasteiger partial charge on any atom is -0.494 e. The van der Waals surface area contributed by atoms with Gasteiger partial charge in [-0.05, 0) is 27.0 Å². The van der Waals surface area contributed by atoms with Gasteiger partial charge in [0.1, 0.15) is 5.75 Å². The summed E-state index contributed by atoms with van der Waals surface area (Å²) in [6.45, 7) is 5.92. The summed E-state index contributed by atoms with van der Waals surface area (Å²) >= 11 is 0. The monoisotopic (exact) mass is 223 g/mol. The number of aliphatic hydroxyl groups excluding tert-OH is 1. The van der Waals surface area contributed by atoms with Crippen molar-refractivity contribution in [3.63, 3.8) is 0 Å². The molecule has 0 radical (unpaired) electrons. The standard InChI is InChI=1S/C13H21NO2/c1-4-16-13-8-6-5-7-12(13)10-14(3)9-11(2)15/h5-8,11,15H,4,9-10H2,1-3H3. The normalized spacial score (nSPS) is 12.8. The maximum absolute atomic E-state index is 9.30. The highest BCUT2D eigenvalue weighted by Gasteiger charge is 2.07. The molecule has 1 aromatic carbocycles. The smallest absolute Gasteiger partial charge is 0.123 e. The highest BCUT2D eigenvalue weighted by molar-refractivity contribution is 5.33. The Morgan fingerprint density at radius 3 is 2.69 bits per heavy atom. The average molecular weight is 223 g/mol. The van der Waals surface area contributed by atoms with Crippen molar-refractivity contribution in [2.75, 3.05) is 20.2 Å². The summed E-state index contributed by atoms with van der Waals surface area (Å²) in [4.78, 5) is 2.09. The number of hydrogen-bond acceptors (Lipinski definition) is 3. The quantitative estimate of drug-likeness (QED) is 0.799. The fourth-order valence-electron chi connectivity index (χ4n) is 1.74. The molecule has 0 bridgehead atoms. The van der Waals surface area contributed by atoms with Crippen LogP contribution < -0.4 is 4.74 Å². The van der Waals surface area contributed by atoms with Crippen LogP contribution in [0.5, 0.6) is 5.75 Å². The van der Waals surface area contributed by atoms with Gasteiger partial charge < -0.3 is 9.84 Å². The van der Waals surface area contributed by atoms with Gasteiger partial charge in [0, 0.05) is 18.7 Å². The molecule has 16 heavy (non-hydrogen) atoms. The second kappa shape index (κ2) is 6.51. The Morgan fingerprint density at radius 1 is 1.38 bits per heavy atom. The maximum atomic E-state index is 9.30. The van der Waals surface area contributed by atoms with Crippen LogP contribution in [0.2, 0.25) is 0 Å². The number of benzene rings is 1. The molecule has 0 aromatic heterocycles. The van der Waals surface area contributed by atoms with Crippen LogP contribution in [-0.2, 0) is 6.54 Å². The van der Waals surface area contributed by atoms with E-state index in [1.165, 1.54) is 0 Å². The molecule has 0 fully saturated rings. The number of para-hydroxylation sites is 1. The van der Waals surface area contributed by atoms with E-state index in [9.17, 15) is 5.11 Å². The summed E-state index contributed by atoms with van der Waals surface area (Å²) in [5.74, 6) is 0.933. The van der Waals surface area contributed by atoms with E-state index >= 15 is 0 Å². The second-order valence-electron chi connectivity index (χ2n) is 4.09. The molecule has 0 amide bonds. The second-order valence-corrected chi connectivity index (χ2v) is 4.09. The Bertz CT molecular complexity index is 313. The molecule has 0 aliphatic rings. The lowest BCUT2D eigenvalue weighted by atomic mass is 10.2. The van der Waals surface area contributed by atoms with Gasteiger partial charge in [0.25, 0.3) is 0 Å². The molecular weight excluding hydrogens is 202 g/mol. The van der Waals surface area contributed by atoms with Crippen LogP contribution in [0, 0.1) is 0 Å². The van der Waals surface area contributed by atoms with Crippen LogP contribution in [0.4, 0.5) is 0 Å². The number of rotatable bonds is 6. The third-order valence-corrected chi connectivity index (χ3v) is 2.29. The van der Waals surface area contributed by atoms with Crippen LogP contribution >= 0.6 is 0 Å². The lowest BCUT2D eigenvalue weighted by Crippen LogP contribution is -2.26. The Labute approximate surface area is 97.7 Å². The molecule has 1 atom stereocenters. The molecule has 0 aliphatic heterocycles. The van der Waals surface area contributed by atoms with Crippen molar-refractivity contribution in [2.24, 2.45) is 0 Å². The molecule has 0 saturated heterocycles. The molecule has 1 unspecified atom stereocenters. The third-order valence-electron chi connectivity index (χ3n) is 2.29. The van der Waals surface area contributed by atoms with Crippen LogP contribution in [0.15, 0.2) is 24.3 Å². The summed E-state index contributed by atoms with van der Waals surface area (Å²) in [7, 11) is 2.00. The van der Waals surface area contributed by atoms with E-state index in [2.05, 4.69) is 11.0 Å². The topological polar surface area (TPSA) is 32.7 Å². The van der Waals surface area contributed by atoms with Crippen molar-refractivity contribution in [1.82, 2.24) is 4.90 Å². The fraction of sp³-hybridized carbons (Fsp3) is 0.538. The predicted molar refractivity (Wildman–Crippen MR) is 65.6 cm³/mol. The first-order valence-corrected chi connectivity index (χ1v) is 5.70.